The summed E-state index contributed by atoms with van der Waals surface area (Å²) in [6.07, 6.45) is -3.39. The van der Waals surface area contributed by atoms with Crippen molar-refractivity contribution in [3.63, 3.8) is 0 Å². The summed E-state index contributed by atoms with van der Waals surface area (Å²) in [6, 6.07) is 13.4. The maximum atomic E-state index is 12.7. The van der Waals surface area contributed by atoms with Gasteiger partial charge in [-0.1, -0.05) is 30.3 Å². The van der Waals surface area contributed by atoms with Crippen LogP contribution in [-0.4, -0.2) is 11.5 Å². The highest BCUT2D eigenvalue weighted by atomic mass is 19.4. The maximum absolute atomic E-state index is 12.7. The standard InChI is InChI=1S/C18H15F3N2/c19-18(20,21)12-7-5-11(6-8-12)16-17-14(9-10-22-16)13-3-1-2-4-15(13)23-17/h1-8,16,22-23H,9-10H2/t16-/m0/s1. The van der Waals surface area contributed by atoms with Gasteiger partial charge in [0.05, 0.1) is 11.6 Å². The summed E-state index contributed by atoms with van der Waals surface area (Å²) in [5.41, 5.74) is 3.60. The number of hydrogen-bond donors (Lipinski definition) is 2. The van der Waals surface area contributed by atoms with Gasteiger partial charge in [-0.15, -0.1) is 0 Å². The van der Waals surface area contributed by atoms with E-state index in [1.165, 1.54) is 10.9 Å². The van der Waals surface area contributed by atoms with Gasteiger partial charge in [0.25, 0.3) is 0 Å². The third-order valence-corrected chi connectivity index (χ3v) is 4.43. The molecule has 1 aromatic heterocycles. The Bertz CT molecular complexity index is 847. The minimum absolute atomic E-state index is 0.103. The van der Waals surface area contributed by atoms with Crippen molar-refractivity contribution in [1.82, 2.24) is 10.3 Å². The molecule has 0 saturated carbocycles. The van der Waals surface area contributed by atoms with Crippen molar-refractivity contribution in [2.75, 3.05) is 6.54 Å². The summed E-state index contributed by atoms with van der Waals surface area (Å²) in [6.45, 7) is 0.806. The summed E-state index contributed by atoms with van der Waals surface area (Å²) < 4.78 is 38.2. The number of halogens is 3. The Labute approximate surface area is 131 Å². The maximum Gasteiger partial charge on any atom is 0.416 e. The molecule has 1 atom stereocenters. The van der Waals surface area contributed by atoms with Gasteiger partial charge in [-0.05, 0) is 35.7 Å². The molecule has 0 spiro atoms. The monoisotopic (exact) mass is 316 g/mol. The third-order valence-electron chi connectivity index (χ3n) is 4.43. The van der Waals surface area contributed by atoms with E-state index in [0.29, 0.717) is 0 Å². The Balaban J connectivity index is 1.77. The first-order chi connectivity index (χ1) is 11.0. The Morgan fingerprint density at radius 3 is 2.43 bits per heavy atom. The van der Waals surface area contributed by atoms with Crippen LogP contribution in [0.15, 0.2) is 48.5 Å². The van der Waals surface area contributed by atoms with Gasteiger partial charge >= 0.3 is 6.18 Å². The summed E-state index contributed by atoms with van der Waals surface area (Å²) in [5, 5.41) is 4.59. The van der Waals surface area contributed by atoms with Crippen molar-refractivity contribution in [1.29, 1.82) is 0 Å². The minimum Gasteiger partial charge on any atom is -0.357 e. The van der Waals surface area contributed by atoms with E-state index < -0.39 is 11.7 Å². The van der Waals surface area contributed by atoms with Crippen molar-refractivity contribution in [2.24, 2.45) is 0 Å². The number of para-hydroxylation sites is 1. The fraction of sp³-hybridized carbons (Fsp3) is 0.222. The number of hydrogen-bond acceptors (Lipinski definition) is 1. The number of fused-ring (bicyclic) bond motifs is 3. The van der Waals surface area contributed by atoms with Gasteiger partial charge in [-0.3, -0.25) is 0 Å². The molecule has 2 aromatic carbocycles. The molecule has 0 radical (unpaired) electrons. The van der Waals surface area contributed by atoms with Crippen LogP contribution in [0.2, 0.25) is 0 Å². The zero-order valence-electron chi connectivity index (χ0n) is 12.2. The van der Waals surface area contributed by atoms with Gasteiger partial charge < -0.3 is 10.3 Å². The van der Waals surface area contributed by atoms with Gasteiger partial charge in [0, 0.05) is 23.1 Å². The topological polar surface area (TPSA) is 27.8 Å². The lowest BCUT2D eigenvalue weighted by Crippen LogP contribution is -2.30. The third kappa shape index (κ3) is 2.41. The Hall–Kier alpha value is -2.27. The fourth-order valence-corrected chi connectivity index (χ4v) is 3.33. The highest BCUT2D eigenvalue weighted by Gasteiger charge is 2.31. The van der Waals surface area contributed by atoms with Gasteiger partial charge in [-0.2, -0.15) is 13.2 Å². The second-order valence-electron chi connectivity index (χ2n) is 5.82. The first kappa shape index (κ1) is 14.3. The van der Waals surface area contributed by atoms with Crippen LogP contribution in [0.3, 0.4) is 0 Å². The summed E-state index contributed by atoms with van der Waals surface area (Å²) >= 11 is 0. The van der Waals surface area contributed by atoms with Gasteiger partial charge in [0.1, 0.15) is 0 Å². The Morgan fingerprint density at radius 1 is 0.957 bits per heavy atom. The SMILES string of the molecule is FC(F)(F)c1ccc([C@@H]2NCCc3c2[nH]c2ccccc32)cc1. The normalized spacial score (nSPS) is 18.1. The Kier molecular flexibility index (Phi) is 3.20. The van der Waals surface area contributed by atoms with E-state index in [-0.39, 0.29) is 6.04 Å². The van der Waals surface area contributed by atoms with Crippen LogP contribution < -0.4 is 5.32 Å². The molecular formula is C18H15F3N2. The highest BCUT2D eigenvalue weighted by molar-refractivity contribution is 5.85. The largest absolute Gasteiger partial charge is 0.416 e. The van der Waals surface area contributed by atoms with E-state index in [9.17, 15) is 13.2 Å². The Morgan fingerprint density at radius 2 is 1.70 bits per heavy atom. The van der Waals surface area contributed by atoms with Crippen LogP contribution in [-0.2, 0) is 12.6 Å². The van der Waals surface area contributed by atoms with E-state index in [1.807, 2.05) is 18.2 Å². The molecule has 0 fully saturated rings. The van der Waals surface area contributed by atoms with Gasteiger partial charge in [-0.25, -0.2) is 0 Å². The second kappa shape index (κ2) is 5.13. The molecular weight excluding hydrogens is 301 g/mol. The van der Waals surface area contributed by atoms with Crippen LogP contribution in [0.5, 0.6) is 0 Å². The quantitative estimate of drug-likeness (QED) is 0.683. The van der Waals surface area contributed by atoms with Crippen molar-refractivity contribution in [3.05, 3.63) is 70.9 Å². The number of rotatable bonds is 1. The molecule has 118 valence electrons. The van der Waals surface area contributed by atoms with E-state index in [1.54, 1.807) is 12.1 Å². The average Bonchev–Trinajstić information content (AvgIpc) is 2.93. The molecule has 4 rings (SSSR count). The number of aromatic amines is 1. The van der Waals surface area contributed by atoms with Crippen LogP contribution in [0.1, 0.15) is 28.4 Å². The smallest absolute Gasteiger partial charge is 0.357 e. The minimum atomic E-state index is -4.30. The lowest BCUT2D eigenvalue weighted by molar-refractivity contribution is -0.137. The molecule has 3 aromatic rings. The lowest BCUT2D eigenvalue weighted by Gasteiger charge is -2.25. The van der Waals surface area contributed by atoms with Crippen molar-refractivity contribution >= 4 is 10.9 Å². The van der Waals surface area contributed by atoms with Gasteiger partial charge in [0.15, 0.2) is 0 Å². The molecule has 1 aliphatic heterocycles. The summed E-state index contributed by atoms with van der Waals surface area (Å²) in [5.74, 6) is 0. The first-order valence-corrected chi connectivity index (χ1v) is 7.54. The van der Waals surface area contributed by atoms with Crippen molar-refractivity contribution in [2.45, 2.75) is 18.6 Å². The molecule has 0 amide bonds. The number of benzene rings is 2. The molecule has 0 saturated heterocycles. The van der Waals surface area contributed by atoms with Crippen LogP contribution in [0.25, 0.3) is 10.9 Å². The molecule has 0 unspecified atom stereocenters. The summed E-state index contributed by atoms with van der Waals surface area (Å²) in [4.78, 5) is 3.42. The predicted molar refractivity (Wildman–Crippen MR) is 83.3 cm³/mol. The fourth-order valence-electron chi connectivity index (χ4n) is 3.33. The number of alkyl halides is 3. The van der Waals surface area contributed by atoms with Crippen molar-refractivity contribution < 1.29 is 13.2 Å². The molecule has 0 aliphatic carbocycles. The zero-order chi connectivity index (χ0) is 16.0. The molecule has 2 N–H and O–H groups in total. The molecule has 0 bridgehead atoms. The molecule has 5 heteroatoms. The van der Waals surface area contributed by atoms with Crippen molar-refractivity contribution in [3.8, 4) is 0 Å². The molecule has 2 heterocycles. The molecule has 2 nitrogen and oxygen atoms in total. The van der Waals surface area contributed by atoms with E-state index >= 15 is 0 Å². The van der Waals surface area contributed by atoms with Crippen LogP contribution in [0, 0.1) is 0 Å². The van der Waals surface area contributed by atoms with Gasteiger partial charge in [0.2, 0.25) is 0 Å². The van der Waals surface area contributed by atoms with E-state index in [4.69, 9.17) is 0 Å². The molecule has 23 heavy (non-hydrogen) atoms. The number of aromatic nitrogens is 1. The second-order valence-corrected chi connectivity index (χ2v) is 5.82. The highest BCUT2D eigenvalue weighted by Crippen LogP contribution is 2.35. The van der Waals surface area contributed by atoms with E-state index in [0.717, 1.165) is 41.9 Å². The zero-order valence-corrected chi connectivity index (χ0v) is 12.2. The number of H-pyrrole nitrogens is 1. The number of nitrogens with one attached hydrogen (secondary N) is 2. The molecule has 1 aliphatic rings. The van der Waals surface area contributed by atoms with E-state index in [2.05, 4.69) is 16.4 Å². The average molecular weight is 316 g/mol. The lowest BCUT2D eigenvalue weighted by atomic mass is 9.94. The van der Waals surface area contributed by atoms with Crippen LogP contribution >= 0.6 is 0 Å². The first-order valence-electron chi connectivity index (χ1n) is 7.54. The summed E-state index contributed by atoms with van der Waals surface area (Å²) in [7, 11) is 0. The predicted octanol–water partition coefficient (Wildman–Crippen LogP) is 4.42. The van der Waals surface area contributed by atoms with Crippen LogP contribution in [0.4, 0.5) is 13.2 Å².